The van der Waals surface area contributed by atoms with Gasteiger partial charge in [-0.05, 0) is 57.6 Å². The fraction of sp³-hybridized carbons (Fsp3) is 0.632. The number of carbonyl (C=O) groups is 1. The van der Waals surface area contributed by atoms with Crippen LogP contribution >= 0.6 is 15.9 Å². The topological polar surface area (TPSA) is 38.8 Å². The van der Waals surface area contributed by atoms with Gasteiger partial charge < -0.3 is 14.4 Å². The molecule has 0 N–H and O–H groups in total. The van der Waals surface area contributed by atoms with Crippen LogP contribution < -0.4 is 0 Å². The van der Waals surface area contributed by atoms with Crippen LogP contribution in [0.25, 0.3) is 0 Å². The molecular formula is C19H28BrNO3. The number of rotatable bonds is 5. The van der Waals surface area contributed by atoms with E-state index in [9.17, 15) is 4.79 Å². The minimum absolute atomic E-state index is 0.189. The predicted molar refractivity (Wildman–Crippen MR) is 98.9 cm³/mol. The first-order valence-corrected chi connectivity index (χ1v) is 9.43. The van der Waals surface area contributed by atoms with Gasteiger partial charge in [0.05, 0.1) is 6.61 Å². The van der Waals surface area contributed by atoms with E-state index >= 15 is 0 Å². The number of benzene rings is 1. The number of halogens is 1. The molecule has 5 heteroatoms. The molecule has 4 nitrogen and oxygen atoms in total. The first kappa shape index (κ1) is 19.3. The molecule has 0 unspecified atom stereocenters. The van der Waals surface area contributed by atoms with Crippen LogP contribution in [0.5, 0.6) is 0 Å². The lowest BCUT2D eigenvalue weighted by Gasteiger charge is -2.33. The molecule has 1 heterocycles. The fourth-order valence-corrected chi connectivity index (χ4v) is 3.18. The third kappa shape index (κ3) is 6.44. The standard InChI is InChI=1S/C19H28BrNO3/c1-19(2,3)24-18(22)21-11-8-15(9-12-21)10-13-23-14-16-6-4-5-7-17(16)20/h4-7,15H,8-14H2,1-3H3. The van der Waals surface area contributed by atoms with Crippen LogP contribution in [0.15, 0.2) is 28.7 Å². The van der Waals surface area contributed by atoms with Crippen LogP contribution in [0.4, 0.5) is 4.79 Å². The quantitative estimate of drug-likeness (QED) is 0.655. The number of piperidine rings is 1. The highest BCUT2D eigenvalue weighted by molar-refractivity contribution is 9.10. The zero-order chi connectivity index (χ0) is 17.6. The molecule has 0 bridgehead atoms. The zero-order valence-electron chi connectivity index (χ0n) is 14.9. The van der Waals surface area contributed by atoms with Crippen LogP contribution in [0.2, 0.25) is 0 Å². The maximum atomic E-state index is 12.0. The van der Waals surface area contributed by atoms with E-state index in [0.29, 0.717) is 12.5 Å². The van der Waals surface area contributed by atoms with Crippen molar-refractivity contribution in [3.8, 4) is 0 Å². The van der Waals surface area contributed by atoms with Crippen LogP contribution in [0, 0.1) is 5.92 Å². The maximum Gasteiger partial charge on any atom is 0.410 e. The number of amides is 1. The molecule has 1 aliphatic heterocycles. The molecule has 134 valence electrons. The van der Waals surface area contributed by atoms with Gasteiger partial charge in [-0.3, -0.25) is 0 Å². The summed E-state index contributed by atoms with van der Waals surface area (Å²) < 4.78 is 12.3. The molecule has 1 saturated heterocycles. The van der Waals surface area contributed by atoms with E-state index in [0.717, 1.165) is 43.4 Å². The van der Waals surface area contributed by atoms with Gasteiger partial charge in [0, 0.05) is 24.2 Å². The Balaban J connectivity index is 1.63. The van der Waals surface area contributed by atoms with Gasteiger partial charge in [-0.25, -0.2) is 4.79 Å². The van der Waals surface area contributed by atoms with Crippen molar-refractivity contribution in [2.45, 2.75) is 52.2 Å². The molecule has 1 fully saturated rings. The molecule has 0 atom stereocenters. The molecule has 0 spiro atoms. The molecule has 2 rings (SSSR count). The van der Waals surface area contributed by atoms with Gasteiger partial charge in [-0.15, -0.1) is 0 Å². The number of ether oxygens (including phenoxy) is 2. The van der Waals surface area contributed by atoms with Crippen molar-refractivity contribution in [2.24, 2.45) is 5.92 Å². The molecule has 0 saturated carbocycles. The van der Waals surface area contributed by atoms with Gasteiger partial charge in [0.25, 0.3) is 0 Å². The Morgan fingerprint density at radius 1 is 1.25 bits per heavy atom. The summed E-state index contributed by atoms with van der Waals surface area (Å²) in [4.78, 5) is 13.9. The van der Waals surface area contributed by atoms with E-state index in [1.165, 1.54) is 5.56 Å². The van der Waals surface area contributed by atoms with Gasteiger partial charge in [-0.2, -0.15) is 0 Å². The second kappa shape index (κ2) is 8.86. The summed E-state index contributed by atoms with van der Waals surface area (Å²) in [5.74, 6) is 0.628. The molecule has 0 radical (unpaired) electrons. The average molecular weight is 398 g/mol. The Hall–Kier alpha value is -1.07. The van der Waals surface area contributed by atoms with Crippen molar-refractivity contribution in [3.63, 3.8) is 0 Å². The van der Waals surface area contributed by atoms with Crippen LogP contribution in [0.3, 0.4) is 0 Å². The van der Waals surface area contributed by atoms with Crippen molar-refractivity contribution in [2.75, 3.05) is 19.7 Å². The van der Waals surface area contributed by atoms with E-state index in [2.05, 4.69) is 22.0 Å². The summed E-state index contributed by atoms with van der Waals surface area (Å²) in [6, 6.07) is 8.14. The summed E-state index contributed by atoms with van der Waals surface area (Å²) in [6.07, 6.45) is 2.91. The summed E-state index contributed by atoms with van der Waals surface area (Å²) in [6.45, 7) is 8.67. The monoisotopic (exact) mass is 397 g/mol. The molecule has 24 heavy (non-hydrogen) atoms. The summed E-state index contributed by atoms with van der Waals surface area (Å²) in [5.41, 5.74) is 0.755. The maximum absolute atomic E-state index is 12.0. The van der Waals surface area contributed by atoms with Crippen LogP contribution in [0.1, 0.15) is 45.6 Å². The Bertz CT molecular complexity index is 534. The van der Waals surface area contributed by atoms with E-state index in [4.69, 9.17) is 9.47 Å². The van der Waals surface area contributed by atoms with Gasteiger partial charge in [-0.1, -0.05) is 34.1 Å². The van der Waals surface area contributed by atoms with Crippen molar-refractivity contribution in [1.29, 1.82) is 0 Å². The summed E-state index contributed by atoms with van der Waals surface area (Å²) >= 11 is 3.54. The van der Waals surface area contributed by atoms with Crippen LogP contribution in [-0.2, 0) is 16.1 Å². The number of likely N-dealkylation sites (tertiary alicyclic amines) is 1. The third-order valence-electron chi connectivity index (χ3n) is 4.15. The summed E-state index contributed by atoms with van der Waals surface area (Å²) in [7, 11) is 0. The van der Waals surface area contributed by atoms with E-state index in [1.807, 2.05) is 43.9 Å². The van der Waals surface area contributed by atoms with Gasteiger partial charge in [0.1, 0.15) is 5.60 Å². The Kier molecular flexibility index (Phi) is 7.11. The molecule has 1 aliphatic rings. The first-order chi connectivity index (χ1) is 11.3. The van der Waals surface area contributed by atoms with Crippen molar-refractivity contribution in [1.82, 2.24) is 4.90 Å². The highest BCUT2D eigenvalue weighted by atomic mass is 79.9. The summed E-state index contributed by atoms with van der Waals surface area (Å²) in [5, 5.41) is 0. The van der Waals surface area contributed by atoms with Crippen molar-refractivity contribution < 1.29 is 14.3 Å². The lowest BCUT2D eigenvalue weighted by Crippen LogP contribution is -2.41. The van der Waals surface area contributed by atoms with E-state index in [1.54, 1.807) is 0 Å². The largest absolute Gasteiger partial charge is 0.444 e. The molecule has 1 aromatic rings. The molecule has 1 amide bonds. The minimum atomic E-state index is -0.423. The number of hydrogen-bond acceptors (Lipinski definition) is 3. The molecule has 0 aliphatic carbocycles. The lowest BCUT2D eigenvalue weighted by atomic mass is 9.94. The number of carbonyl (C=O) groups excluding carboxylic acids is 1. The predicted octanol–water partition coefficient (Wildman–Crippen LogP) is 5.00. The second-order valence-electron chi connectivity index (χ2n) is 7.34. The second-order valence-corrected chi connectivity index (χ2v) is 8.20. The van der Waals surface area contributed by atoms with E-state index < -0.39 is 5.60 Å². The van der Waals surface area contributed by atoms with Crippen LogP contribution in [-0.4, -0.2) is 36.3 Å². The first-order valence-electron chi connectivity index (χ1n) is 8.64. The van der Waals surface area contributed by atoms with Crippen molar-refractivity contribution in [3.05, 3.63) is 34.3 Å². The lowest BCUT2D eigenvalue weighted by molar-refractivity contribution is 0.0164. The highest BCUT2D eigenvalue weighted by Gasteiger charge is 2.26. The van der Waals surface area contributed by atoms with Gasteiger partial charge >= 0.3 is 6.09 Å². The Labute approximate surface area is 153 Å². The number of nitrogens with zero attached hydrogens (tertiary/aromatic N) is 1. The molecule has 0 aromatic heterocycles. The number of hydrogen-bond donors (Lipinski definition) is 0. The normalized spacial score (nSPS) is 16.2. The molecule has 1 aromatic carbocycles. The van der Waals surface area contributed by atoms with Crippen molar-refractivity contribution >= 4 is 22.0 Å². The van der Waals surface area contributed by atoms with E-state index in [-0.39, 0.29) is 6.09 Å². The van der Waals surface area contributed by atoms with Gasteiger partial charge in [0.15, 0.2) is 0 Å². The smallest absolute Gasteiger partial charge is 0.410 e. The highest BCUT2D eigenvalue weighted by Crippen LogP contribution is 2.23. The fourth-order valence-electron chi connectivity index (χ4n) is 2.78. The Morgan fingerprint density at radius 3 is 2.54 bits per heavy atom. The zero-order valence-corrected chi connectivity index (χ0v) is 16.5. The Morgan fingerprint density at radius 2 is 1.92 bits per heavy atom. The van der Waals surface area contributed by atoms with Gasteiger partial charge in [0.2, 0.25) is 0 Å². The SMILES string of the molecule is CC(C)(C)OC(=O)N1CCC(CCOCc2ccccc2Br)CC1. The third-order valence-corrected chi connectivity index (χ3v) is 4.93. The molecular weight excluding hydrogens is 370 g/mol. The minimum Gasteiger partial charge on any atom is -0.444 e. The average Bonchev–Trinajstić information content (AvgIpc) is 2.52.